The highest BCUT2D eigenvalue weighted by Gasteiger charge is 2.52. The summed E-state index contributed by atoms with van der Waals surface area (Å²) in [6, 6.07) is 0. The largest absolute Gasteiger partial charge is 0.458 e. The number of hydrogen-bond donors (Lipinski definition) is 2. The van der Waals surface area contributed by atoms with E-state index in [1.165, 1.54) is 0 Å². The number of esters is 2. The van der Waals surface area contributed by atoms with Crippen molar-refractivity contribution in [3.8, 4) is 0 Å². The van der Waals surface area contributed by atoms with Gasteiger partial charge < -0.3 is 19.7 Å². The summed E-state index contributed by atoms with van der Waals surface area (Å²) >= 11 is 0. The van der Waals surface area contributed by atoms with Crippen LogP contribution in [0.25, 0.3) is 0 Å². The molecule has 0 amide bonds. The van der Waals surface area contributed by atoms with Crippen molar-refractivity contribution in [1.29, 1.82) is 0 Å². The zero-order chi connectivity index (χ0) is 29.1. The van der Waals surface area contributed by atoms with Gasteiger partial charge in [0.25, 0.3) is 0 Å². The molecule has 2 heterocycles. The van der Waals surface area contributed by atoms with Crippen LogP contribution in [0.1, 0.15) is 120 Å². The van der Waals surface area contributed by atoms with Crippen molar-refractivity contribution < 1.29 is 29.3 Å². The Labute approximate surface area is 231 Å². The topological polar surface area (TPSA) is 99.5 Å². The second-order valence-electron chi connectivity index (χ2n) is 14.0. The molecule has 0 saturated carbocycles. The third kappa shape index (κ3) is 7.70. The Bertz CT molecular complexity index is 743. The molecule has 2 aliphatic heterocycles. The van der Waals surface area contributed by atoms with E-state index in [1.54, 1.807) is 0 Å². The first-order chi connectivity index (χ1) is 17.3. The Morgan fingerprint density at radius 3 is 1.24 bits per heavy atom. The van der Waals surface area contributed by atoms with Gasteiger partial charge in [0.05, 0.1) is 23.3 Å². The van der Waals surface area contributed by atoms with E-state index in [0.717, 1.165) is 38.5 Å². The number of piperidine rings is 2. The van der Waals surface area contributed by atoms with Gasteiger partial charge >= 0.3 is 11.9 Å². The van der Waals surface area contributed by atoms with Crippen LogP contribution in [-0.4, -0.2) is 92.6 Å². The number of aliphatic hydroxyl groups excluding tert-OH is 2. The van der Waals surface area contributed by atoms with Gasteiger partial charge in [-0.2, -0.15) is 0 Å². The van der Waals surface area contributed by atoms with Gasteiger partial charge in [0.2, 0.25) is 0 Å². The van der Waals surface area contributed by atoms with Gasteiger partial charge in [0.15, 0.2) is 0 Å². The number of aliphatic hydroxyl groups is 2. The van der Waals surface area contributed by atoms with Crippen molar-refractivity contribution in [3.05, 3.63) is 0 Å². The standard InChI is InChI=1S/C30H56N2O6/c1-27(2)19-21(33)25(29(5,6)31(27)9)37-23(35)17-15-13-11-12-14-16-18-24(36)38-26-22(34)20-28(3,4)32(10)30(26,7)8/h21-22,25-26,33-34H,11-20H2,1-10H3. The number of likely N-dealkylation sites (tertiary alicyclic amines) is 2. The Kier molecular flexibility index (Phi) is 10.9. The van der Waals surface area contributed by atoms with Gasteiger partial charge in [-0.05, 0) is 95.2 Å². The second-order valence-corrected chi connectivity index (χ2v) is 14.0. The van der Waals surface area contributed by atoms with Crippen LogP contribution in [0.4, 0.5) is 0 Å². The lowest BCUT2D eigenvalue weighted by Gasteiger charge is -2.55. The fourth-order valence-corrected chi connectivity index (χ4v) is 6.49. The molecule has 2 fully saturated rings. The first-order valence-corrected chi connectivity index (χ1v) is 14.6. The van der Waals surface area contributed by atoms with Crippen LogP contribution in [0.3, 0.4) is 0 Å². The summed E-state index contributed by atoms with van der Waals surface area (Å²) in [7, 11) is 4.04. The van der Waals surface area contributed by atoms with E-state index in [-0.39, 0.29) is 23.0 Å². The monoisotopic (exact) mass is 540 g/mol. The predicted octanol–water partition coefficient (Wildman–Crippen LogP) is 4.44. The van der Waals surface area contributed by atoms with E-state index in [2.05, 4.69) is 37.5 Å². The summed E-state index contributed by atoms with van der Waals surface area (Å²) < 4.78 is 11.5. The first-order valence-electron chi connectivity index (χ1n) is 14.6. The summed E-state index contributed by atoms with van der Waals surface area (Å²) in [6.07, 6.45) is 4.73. The second kappa shape index (κ2) is 12.5. The number of likely N-dealkylation sites (N-methyl/N-ethyl adjacent to an activating group) is 2. The molecule has 0 aromatic heterocycles. The molecule has 0 radical (unpaired) electrons. The number of nitrogens with zero attached hydrogens (tertiary/aromatic N) is 2. The molecule has 0 spiro atoms. The van der Waals surface area contributed by atoms with Crippen LogP contribution in [0.2, 0.25) is 0 Å². The van der Waals surface area contributed by atoms with Gasteiger partial charge in [-0.15, -0.1) is 0 Å². The Balaban J connectivity index is 1.62. The Morgan fingerprint density at radius 2 is 0.921 bits per heavy atom. The number of rotatable bonds is 11. The van der Waals surface area contributed by atoms with Crippen LogP contribution in [0, 0.1) is 0 Å². The summed E-state index contributed by atoms with van der Waals surface area (Å²) in [4.78, 5) is 29.4. The van der Waals surface area contributed by atoms with Gasteiger partial charge in [-0.1, -0.05) is 25.7 Å². The fourth-order valence-electron chi connectivity index (χ4n) is 6.49. The van der Waals surface area contributed by atoms with Gasteiger partial charge in [-0.3, -0.25) is 19.4 Å². The lowest BCUT2D eigenvalue weighted by molar-refractivity contribution is -0.190. The lowest BCUT2D eigenvalue weighted by atomic mass is 9.76. The van der Waals surface area contributed by atoms with Crippen LogP contribution in [0.5, 0.6) is 0 Å². The number of unbranched alkanes of at least 4 members (excludes halogenated alkanes) is 5. The highest BCUT2D eigenvalue weighted by molar-refractivity contribution is 5.70. The quantitative estimate of drug-likeness (QED) is 0.293. The van der Waals surface area contributed by atoms with Crippen LogP contribution < -0.4 is 0 Å². The Hall–Kier alpha value is -1.22. The van der Waals surface area contributed by atoms with Crippen LogP contribution in [-0.2, 0) is 19.1 Å². The van der Waals surface area contributed by atoms with Crippen molar-refractivity contribution in [2.45, 2.75) is 166 Å². The molecule has 2 rings (SSSR count). The minimum Gasteiger partial charge on any atom is -0.458 e. The molecule has 2 saturated heterocycles. The third-order valence-corrected chi connectivity index (χ3v) is 9.58. The van der Waals surface area contributed by atoms with Gasteiger partial charge in [0, 0.05) is 23.9 Å². The maximum atomic E-state index is 12.5. The minimum atomic E-state index is -0.674. The minimum absolute atomic E-state index is 0.163. The van der Waals surface area contributed by atoms with E-state index in [4.69, 9.17) is 9.47 Å². The van der Waals surface area contributed by atoms with Crippen molar-refractivity contribution in [2.75, 3.05) is 14.1 Å². The first kappa shape index (κ1) is 33.0. The van der Waals surface area contributed by atoms with Crippen LogP contribution in [0.15, 0.2) is 0 Å². The normalized spacial score (nSPS) is 30.5. The molecule has 4 atom stereocenters. The number of ether oxygens (including phenoxy) is 2. The number of hydrogen-bond acceptors (Lipinski definition) is 8. The Morgan fingerprint density at radius 1 is 0.632 bits per heavy atom. The molecule has 2 aliphatic rings. The molecular formula is C30H56N2O6. The lowest BCUT2D eigenvalue weighted by Crippen LogP contribution is -2.68. The smallest absolute Gasteiger partial charge is 0.306 e. The highest BCUT2D eigenvalue weighted by Crippen LogP contribution is 2.40. The van der Waals surface area contributed by atoms with Crippen molar-refractivity contribution >= 4 is 11.9 Å². The number of carbonyl (C=O) groups excluding carboxylic acids is 2. The molecular weight excluding hydrogens is 484 g/mol. The van der Waals surface area contributed by atoms with E-state index in [9.17, 15) is 19.8 Å². The highest BCUT2D eigenvalue weighted by atomic mass is 16.6. The zero-order valence-electron chi connectivity index (χ0n) is 25.8. The summed E-state index contributed by atoms with van der Waals surface area (Å²) in [5, 5.41) is 21.3. The maximum Gasteiger partial charge on any atom is 0.306 e. The van der Waals surface area contributed by atoms with E-state index < -0.39 is 35.5 Å². The van der Waals surface area contributed by atoms with Crippen LogP contribution >= 0.6 is 0 Å². The molecule has 0 aromatic rings. The van der Waals surface area contributed by atoms with E-state index in [0.29, 0.717) is 25.7 Å². The fraction of sp³-hybridized carbons (Fsp3) is 0.933. The average Bonchev–Trinajstić information content (AvgIpc) is 2.78. The average molecular weight is 541 g/mol. The number of carbonyl (C=O) groups is 2. The van der Waals surface area contributed by atoms with Crippen molar-refractivity contribution in [3.63, 3.8) is 0 Å². The molecule has 0 aliphatic carbocycles. The molecule has 8 nitrogen and oxygen atoms in total. The van der Waals surface area contributed by atoms with Crippen molar-refractivity contribution in [2.24, 2.45) is 0 Å². The van der Waals surface area contributed by atoms with Crippen molar-refractivity contribution in [1.82, 2.24) is 9.80 Å². The molecule has 0 aromatic carbocycles. The molecule has 2 N–H and O–H groups in total. The molecule has 38 heavy (non-hydrogen) atoms. The molecule has 0 bridgehead atoms. The summed E-state index contributed by atoms with van der Waals surface area (Å²) in [6.45, 7) is 16.5. The summed E-state index contributed by atoms with van der Waals surface area (Å²) in [5.41, 5.74) is -1.22. The molecule has 222 valence electrons. The molecule has 8 heteroatoms. The molecule has 4 unspecified atom stereocenters. The summed E-state index contributed by atoms with van der Waals surface area (Å²) in [5.74, 6) is -0.500. The predicted molar refractivity (Wildman–Crippen MR) is 150 cm³/mol. The van der Waals surface area contributed by atoms with Gasteiger partial charge in [0.1, 0.15) is 12.2 Å². The van der Waals surface area contributed by atoms with E-state index >= 15 is 0 Å². The van der Waals surface area contributed by atoms with E-state index in [1.807, 2.05) is 41.8 Å². The SMILES string of the molecule is CN1C(C)(C)CC(O)C(OC(=O)CCCCCCCCC(=O)OC2C(O)CC(C)(C)N(C)C2(C)C)C1(C)C. The third-order valence-electron chi connectivity index (χ3n) is 9.58. The zero-order valence-corrected chi connectivity index (χ0v) is 25.8. The maximum absolute atomic E-state index is 12.5. The van der Waals surface area contributed by atoms with Gasteiger partial charge in [-0.25, -0.2) is 0 Å².